The first-order valence-corrected chi connectivity index (χ1v) is 6.41. The standard InChI is InChI=1S/C13H9BrN4O/c14-10-6-8-11(9-7-10)17-13(19)15-18(16-17)12-4-2-1-3-5-12/h1-9H. The summed E-state index contributed by atoms with van der Waals surface area (Å²) in [6.07, 6.45) is 0. The number of hydrogen-bond acceptors (Lipinski definition) is 3. The van der Waals surface area contributed by atoms with Gasteiger partial charge in [-0.3, -0.25) is 0 Å². The van der Waals surface area contributed by atoms with Gasteiger partial charge in [-0.05, 0) is 36.4 Å². The molecule has 19 heavy (non-hydrogen) atoms. The third-order valence-electron chi connectivity index (χ3n) is 2.59. The Kier molecular flexibility index (Phi) is 3.00. The highest BCUT2D eigenvalue weighted by Crippen LogP contribution is 2.11. The van der Waals surface area contributed by atoms with Gasteiger partial charge in [0.15, 0.2) is 5.69 Å². The summed E-state index contributed by atoms with van der Waals surface area (Å²) in [6, 6.07) is 16.2. The van der Waals surface area contributed by atoms with Gasteiger partial charge in [-0.25, -0.2) is 0 Å². The molecule has 1 heterocycles. The maximum atomic E-state index is 11.9. The molecular formula is C13H9BrN4O. The van der Waals surface area contributed by atoms with Gasteiger partial charge in [0, 0.05) is 9.27 Å². The van der Waals surface area contributed by atoms with E-state index < -0.39 is 6.01 Å². The molecule has 0 bridgehead atoms. The molecular weight excluding hydrogens is 308 g/mol. The lowest BCUT2D eigenvalue weighted by molar-refractivity contribution is -0.704. The van der Waals surface area contributed by atoms with Crippen LogP contribution in [0, 0.1) is 0 Å². The van der Waals surface area contributed by atoms with Crippen molar-refractivity contribution in [1.82, 2.24) is 15.1 Å². The van der Waals surface area contributed by atoms with Gasteiger partial charge in [0.2, 0.25) is 0 Å². The van der Waals surface area contributed by atoms with Crippen LogP contribution in [-0.4, -0.2) is 15.1 Å². The van der Waals surface area contributed by atoms with Crippen LogP contribution in [0.1, 0.15) is 0 Å². The first kappa shape index (κ1) is 11.9. The summed E-state index contributed by atoms with van der Waals surface area (Å²) in [5.74, 6) is 0. The highest BCUT2D eigenvalue weighted by atomic mass is 79.9. The van der Waals surface area contributed by atoms with E-state index in [1.54, 1.807) is 12.1 Å². The summed E-state index contributed by atoms with van der Waals surface area (Å²) in [6.45, 7) is 0. The predicted octanol–water partition coefficient (Wildman–Crippen LogP) is 1.38. The van der Waals surface area contributed by atoms with Crippen LogP contribution >= 0.6 is 15.9 Å². The van der Waals surface area contributed by atoms with E-state index in [4.69, 9.17) is 0 Å². The molecule has 0 saturated heterocycles. The van der Waals surface area contributed by atoms with Crippen LogP contribution in [0.2, 0.25) is 0 Å². The molecule has 0 atom stereocenters. The minimum Gasteiger partial charge on any atom is -0.816 e. The van der Waals surface area contributed by atoms with Crippen molar-refractivity contribution in [3.05, 3.63) is 59.1 Å². The van der Waals surface area contributed by atoms with E-state index in [9.17, 15) is 5.11 Å². The van der Waals surface area contributed by atoms with Crippen LogP contribution < -0.4 is 9.79 Å². The van der Waals surface area contributed by atoms with Gasteiger partial charge in [-0.15, -0.1) is 4.68 Å². The molecule has 1 aromatic heterocycles. The van der Waals surface area contributed by atoms with Gasteiger partial charge >= 0.3 is 0 Å². The molecule has 2 aromatic carbocycles. The fourth-order valence-electron chi connectivity index (χ4n) is 1.68. The molecule has 5 nitrogen and oxygen atoms in total. The molecule has 0 N–H and O–H groups in total. The Bertz CT molecular complexity index is 694. The summed E-state index contributed by atoms with van der Waals surface area (Å²) >= 11 is 3.35. The average Bonchev–Trinajstić information content (AvgIpc) is 2.83. The Morgan fingerprint density at radius 2 is 1.68 bits per heavy atom. The normalized spacial score (nSPS) is 10.6. The van der Waals surface area contributed by atoms with E-state index in [1.165, 1.54) is 9.48 Å². The molecule has 0 aliphatic rings. The van der Waals surface area contributed by atoms with Gasteiger partial charge in [0.25, 0.3) is 6.01 Å². The summed E-state index contributed by atoms with van der Waals surface area (Å²) in [5.41, 5.74) is 1.42. The summed E-state index contributed by atoms with van der Waals surface area (Å²) in [7, 11) is 0. The minimum atomic E-state index is -0.411. The molecule has 0 saturated carbocycles. The van der Waals surface area contributed by atoms with Crippen molar-refractivity contribution >= 4 is 15.9 Å². The summed E-state index contributed by atoms with van der Waals surface area (Å²) in [4.78, 5) is 1.32. The summed E-state index contributed by atoms with van der Waals surface area (Å²) < 4.78 is 2.21. The van der Waals surface area contributed by atoms with Crippen molar-refractivity contribution in [1.29, 1.82) is 0 Å². The third kappa shape index (κ3) is 2.34. The maximum Gasteiger partial charge on any atom is 0.272 e. The van der Waals surface area contributed by atoms with Crippen LogP contribution in [0.25, 0.3) is 11.4 Å². The van der Waals surface area contributed by atoms with Gasteiger partial charge < -0.3 is 5.11 Å². The van der Waals surface area contributed by atoms with Gasteiger partial charge in [0.1, 0.15) is 5.69 Å². The lowest BCUT2D eigenvalue weighted by Crippen LogP contribution is -2.36. The highest BCUT2D eigenvalue weighted by Gasteiger charge is 2.14. The Labute approximate surface area is 117 Å². The molecule has 6 heteroatoms. The van der Waals surface area contributed by atoms with E-state index >= 15 is 0 Å². The van der Waals surface area contributed by atoms with Gasteiger partial charge in [-0.1, -0.05) is 34.1 Å². The number of hydrogen-bond donors (Lipinski definition) is 0. The smallest absolute Gasteiger partial charge is 0.272 e. The molecule has 0 fully saturated rings. The molecule has 0 unspecified atom stereocenters. The second-order valence-electron chi connectivity index (χ2n) is 3.89. The molecule has 0 spiro atoms. The average molecular weight is 317 g/mol. The van der Waals surface area contributed by atoms with Gasteiger partial charge in [0.05, 0.1) is 10.3 Å². The van der Waals surface area contributed by atoms with Crippen LogP contribution in [0.3, 0.4) is 0 Å². The molecule has 0 aliphatic carbocycles. The second kappa shape index (κ2) is 4.81. The number of aromatic nitrogens is 4. The SMILES string of the molecule is [O-]c1nn(-c2ccccc2)n[n+]1-c1ccc(Br)cc1. The number of halogens is 1. The zero-order chi connectivity index (χ0) is 13.2. The van der Waals surface area contributed by atoms with Crippen LogP contribution in [-0.2, 0) is 0 Å². The maximum absolute atomic E-state index is 11.9. The zero-order valence-corrected chi connectivity index (χ0v) is 11.4. The van der Waals surface area contributed by atoms with Crippen LogP contribution in [0.15, 0.2) is 59.1 Å². The number of para-hydroxylation sites is 1. The second-order valence-corrected chi connectivity index (χ2v) is 4.80. The minimum absolute atomic E-state index is 0.411. The zero-order valence-electron chi connectivity index (χ0n) is 9.77. The van der Waals surface area contributed by atoms with Gasteiger partial charge in [-0.2, -0.15) is 0 Å². The lowest BCUT2D eigenvalue weighted by Gasteiger charge is -1.98. The Balaban J connectivity index is 2.05. The number of rotatable bonds is 2. The van der Waals surface area contributed by atoms with Crippen molar-refractivity contribution in [3.63, 3.8) is 0 Å². The fourth-order valence-corrected chi connectivity index (χ4v) is 1.95. The number of tetrazole rings is 1. The highest BCUT2D eigenvalue weighted by molar-refractivity contribution is 9.10. The number of benzene rings is 2. The Hall–Kier alpha value is -2.21. The first-order valence-electron chi connectivity index (χ1n) is 5.62. The molecule has 0 radical (unpaired) electrons. The predicted molar refractivity (Wildman–Crippen MR) is 70.0 cm³/mol. The largest absolute Gasteiger partial charge is 0.816 e. The molecule has 94 valence electrons. The lowest BCUT2D eigenvalue weighted by atomic mass is 10.3. The van der Waals surface area contributed by atoms with Crippen molar-refractivity contribution < 1.29 is 9.79 Å². The van der Waals surface area contributed by atoms with E-state index in [0.29, 0.717) is 5.69 Å². The van der Waals surface area contributed by atoms with Crippen molar-refractivity contribution in [3.8, 4) is 17.4 Å². The van der Waals surface area contributed by atoms with E-state index in [2.05, 4.69) is 26.2 Å². The summed E-state index contributed by atoms with van der Waals surface area (Å²) in [5, 5.41) is 19.9. The van der Waals surface area contributed by atoms with Crippen molar-refractivity contribution in [2.45, 2.75) is 0 Å². The van der Waals surface area contributed by atoms with E-state index in [0.717, 1.165) is 10.2 Å². The molecule has 0 aliphatic heterocycles. The Morgan fingerprint density at radius 1 is 1.00 bits per heavy atom. The molecule has 3 rings (SSSR count). The van der Waals surface area contributed by atoms with Crippen LogP contribution in [0.5, 0.6) is 6.01 Å². The topological polar surface area (TPSA) is 57.7 Å². The van der Waals surface area contributed by atoms with E-state index in [1.807, 2.05) is 42.5 Å². The third-order valence-corrected chi connectivity index (χ3v) is 3.12. The van der Waals surface area contributed by atoms with Crippen molar-refractivity contribution in [2.24, 2.45) is 0 Å². The quantitative estimate of drug-likeness (QED) is 0.671. The Morgan fingerprint density at radius 3 is 2.37 bits per heavy atom. The van der Waals surface area contributed by atoms with Crippen molar-refractivity contribution in [2.75, 3.05) is 0 Å². The monoisotopic (exact) mass is 316 g/mol. The fraction of sp³-hybridized carbons (Fsp3) is 0. The number of nitrogens with zero attached hydrogens (tertiary/aromatic N) is 4. The van der Waals surface area contributed by atoms with Crippen LogP contribution in [0.4, 0.5) is 0 Å². The molecule has 3 aromatic rings. The van der Waals surface area contributed by atoms with E-state index in [-0.39, 0.29) is 0 Å². The first-order chi connectivity index (χ1) is 9.24. The molecule has 0 amide bonds.